The standard InChI is InChI=1S/C15H21N3O/c1-10(2)7-11-3-5-12(6-4-11)13-9-17-15(18-13)14(19)8-16/h3-6,9-10,14,19H,7-8,16H2,1-2H3,(H,17,18). The molecule has 4 nitrogen and oxygen atoms in total. The molecule has 0 aliphatic carbocycles. The first-order valence-corrected chi connectivity index (χ1v) is 6.62. The van der Waals surface area contributed by atoms with E-state index in [1.165, 1.54) is 5.56 Å². The zero-order valence-corrected chi connectivity index (χ0v) is 11.4. The number of nitrogens with one attached hydrogen (secondary N) is 1. The number of aliphatic hydroxyl groups excluding tert-OH is 1. The van der Waals surface area contributed by atoms with Crippen molar-refractivity contribution in [3.05, 3.63) is 41.9 Å². The average molecular weight is 259 g/mol. The zero-order chi connectivity index (χ0) is 13.8. The molecule has 1 unspecified atom stereocenters. The lowest BCUT2D eigenvalue weighted by molar-refractivity contribution is 0.177. The summed E-state index contributed by atoms with van der Waals surface area (Å²) in [6, 6.07) is 8.41. The van der Waals surface area contributed by atoms with E-state index in [0.29, 0.717) is 11.7 Å². The van der Waals surface area contributed by atoms with Crippen LogP contribution < -0.4 is 5.73 Å². The number of imidazole rings is 1. The van der Waals surface area contributed by atoms with Crippen molar-refractivity contribution >= 4 is 0 Å². The molecule has 2 rings (SSSR count). The normalized spacial score (nSPS) is 12.9. The van der Waals surface area contributed by atoms with Crippen molar-refractivity contribution in [2.75, 3.05) is 6.54 Å². The summed E-state index contributed by atoms with van der Waals surface area (Å²) < 4.78 is 0. The first-order chi connectivity index (χ1) is 9.10. The summed E-state index contributed by atoms with van der Waals surface area (Å²) in [5.41, 5.74) is 8.71. The molecular formula is C15H21N3O. The second-order valence-electron chi connectivity index (χ2n) is 5.23. The number of hydrogen-bond acceptors (Lipinski definition) is 3. The third-order valence-corrected chi connectivity index (χ3v) is 3.04. The van der Waals surface area contributed by atoms with Crippen molar-refractivity contribution in [2.24, 2.45) is 11.7 Å². The summed E-state index contributed by atoms with van der Waals surface area (Å²) in [5.74, 6) is 1.17. The van der Waals surface area contributed by atoms with Gasteiger partial charge in [0.05, 0.1) is 11.9 Å². The Kier molecular flexibility index (Phi) is 4.35. The van der Waals surface area contributed by atoms with Crippen LogP contribution in [0, 0.1) is 5.92 Å². The molecule has 4 heteroatoms. The van der Waals surface area contributed by atoms with Crippen LogP contribution in [0.25, 0.3) is 11.3 Å². The maximum atomic E-state index is 9.61. The number of benzene rings is 1. The zero-order valence-electron chi connectivity index (χ0n) is 11.4. The first-order valence-electron chi connectivity index (χ1n) is 6.62. The number of hydrogen-bond donors (Lipinski definition) is 3. The number of rotatable bonds is 5. The highest BCUT2D eigenvalue weighted by Crippen LogP contribution is 2.20. The number of aromatic nitrogens is 2. The lowest BCUT2D eigenvalue weighted by Crippen LogP contribution is -2.12. The molecule has 1 aromatic carbocycles. The van der Waals surface area contributed by atoms with Gasteiger partial charge in [-0.15, -0.1) is 0 Å². The number of nitrogens with zero attached hydrogens (tertiary/aromatic N) is 1. The molecule has 4 N–H and O–H groups in total. The van der Waals surface area contributed by atoms with Gasteiger partial charge in [0.15, 0.2) is 0 Å². The monoisotopic (exact) mass is 259 g/mol. The largest absolute Gasteiger partial charge is 0.384 e. The van der Waals surface area contributed by atoms with Gasteiger partial charge in [-0.1, -0.05) is 38.1 Å². The Morgan fingerprint density at radius 1 is 1.26 bits per heavy atom. The second kappa shape index (κ2) is 5.99. The van der Waals surface area contributed by atoms with Crippen LogP contribution in [-0.4, -0.2) is 21.6 Å². The minimum Gasteiger partial charge on any atom is -0.384 e. The predicted molar refractivity (Wildman–Crippen MR) is 76.6 cm³/mol. The molecule has 0 spiro atoms. The highest BCUT2D eigenvalue weighted by Gasteiger charge is 2.10. The Morgan fingerprint density at radius 2 is 1.95 bits per heavy atom. The number of nitrogens with two attached hydrogens (primary N) is 1. The Hall–Kier alpha value is -1.65. The topological polar surface area (TPSA) is 74.9 Å². The minimum atomic E-state index is -0.728. The third kappa shape index (κ3) is 3.43. The van der Waals surface area contributed by atoms with Crippen molar-refractivity contribution in [1.82, 2.24) is 9.97 Å². The van der Waals surface area contributed by atoms with Gasteiger partial charge in [-0.05, 0) is 23.5 Å². The maximum Gasteiger partial charge on any atom is 0.136 e. The Bertz CT molecular complexity index is 516. The van der Waals surface area contributed by atoms with Crippen LogP contribution >= 0.6 is 0 Å². The summed E-state index contributed by atoms with van der Waals surface area (Å²) in [7, 11) is 0. The fourth-order valence-corrected chi connectivity index (χ4v) is 2.06. The maximum absolute atomic E-state index is 9.61. The molecule has 1 heterocycles. The minimum absolute atomic E-state index is 0.167. The van der Waals surface area contributed by atoms with Crippen LogP contribution in [-0.2, 0) is 6.42 Å². The van der Waals surface area contributed by atoms with Gasteiger partial charge < -0.3 is 15.8 Å². The van der Waals surface area contributed by atoms with Gasteiger partial charge in [0.25, 0.3) is 0 Å². The Morgan fingerprint density at radius 3 is 2.53 bits per heavy atom. The molecule has 2 aromatic rings. The molecule has 0 saturated heterocycles. The van der Waals surface area contributed by atoms with E-state index < -0.39 is 6.10 Å². The van der Waals surface area contributed by atoms with Crippen molar-refractivity contribution in [1.29, 1.82) is 0 Å². The smallest absolute Gasteiger partial charge is 0.136 e. The molecular weight excluding hydrogens is 238 g/mol. The van der Waals surface area contributed by atoms with Gasteiger partial charge in [0.1, 0.15) is 11.9 Å². The molecule has 0 saturated carbocycles. The van der Waals surface area contributed by atoms with Crippen LogP contribution in [0.15, 0.2) is 30.5 Å². The molecule has 1 atom stereocenters. The van der Waals surface area contributed by atoms with Gasteiger partial charge in [0.2, 0.25) is 0 Å². The third-order valence-electron chi connectivity index (χ3n) is 3.04. The predicted octanol–water partition coefficient (Wildman–Crippen LogP) is 2.27. The second-order valence-corrected chi connectivity index (χ2v) is 5.23. The molecule has 1 aromatic heterocycles. The van der Waals surface area contributed by atoms with E-state index >= 15 is 0 Å². The summed E-state index contributed by atoms with van der Waals surface area (Å²) in [6.07, 6.45) is 2.08. The average Bonchev–Trinajstić information content (AvgIpc) is 2.87. The number of aliphatic hydroxyl groups is 1. The molecule has 0 fully saturated rings. The lowest BCUT2D eigenvalue weighted by Gasteiger charge is -2.06. The van der Waals surface area contributed by atoms with Gasteiger partial charge in [-0.3, -0.25) is 0 Å². The van der Waals surface area contributed by atoms with Crippen molar-refractivity contribution < 1.29 is 5.11 Å². The lowest BCUT2D eigenvalue weighted by atomic mass is 10.0. The van der Waals surface area contributed by atoms with E-state index in [4.69, 9.17) is 5.73 Å². The first kappa shape index (κ1) is 13.8. The summed E-state index contributed by atoms with van der Waals surface area (Å²) in [4.78, 5) is 7.25. The molecule has 0 bridgehead atoms. The molecule has 0 aliphatic rings. The van der Waals surface area contributed by atoms with Gasteiger partial charge in [-0.2, -0.15) is 0 Å². The quantitative estimate of drug-likeness (QED) is 0.771. The number of H-pyrrole nitrogens is 1. The molecule has 0 amide bonds. The highest BCUT2D eigenvalue weighted by molar-refractivity contribution is 5.58. The van der Waals surface area contributed by atoms with E-state index in [2.05, 4.69) is 48.1 Å². The van der Waals surface area contributed by atoms with Crippen LogP contribution in [0.2, 0.25) is 0 Å². The van der Waals surface area contributed by atoms with Crippen molar-refractivity contribution in [3.8, 4) is 11.3 Å². The Balaban J connectivity index is 2.15. The van der Waals surface area contributed by atoms with Gasteiger partial charge >= 0.3 is 0 Å². The van der Waals surface area contributed by atoms with Crippen molar-refractivity contribution in [2.45, 2.75) is 26.4 Å². The summed E-state index contributed by atoms with van der Waals surface area (Å²) in [6.45, 7) is 4.59. The van der Waals surface area contributed by atoms with Crippen LogP contribution in [0.4, 0.5) is 0 Å². The van der Waals surface area contributed by atoms with E-state index in [1.807, 2.05) is 0 Å². The molecule has 0 radical (unpaired) electrons. The van der Waals surface area contributed by atoms with Gasteiger partial charge in [-0.25, -0.2) is 4.98 Å². The van der Waals surface area contributed by atoms with Crippen molar-refractivity contribution in [3.63, 3.8) is 0 Å². The van der Waals surface area contributed by atoms with E-state index in [0.717, 1.165) is 17.7 Å². The molecule has 102 valence electrons. The molecule has 0 aliphatic heterocycles. The fourth-order valence-electron chi connectivity index (χ4n) is 2.06. The Labute approximate surface area is 113 Å². The highest BCUT2D eigenvalue weighted by atomic mass is 16.3. The fraction of sp³-hybridized carbons (Fsp3) is 0.400. The summed E-state index contributed by atoms with van der Waals surface area (Å²) in [5, 5.41) is 9.61. The van der Waals surface area contributed by atoms with E-state index in [9.17, 15) is 5.11 Å². The van der Waals surface area contributed by atoms with Crippen LogP contribution in [0.1, 0.15) is 31.3 Å². The van der Waals surface area contributed by atoms with E-state index in [1.54, 1.807) is 6.20 Å². The van der Waals surface area contributed by atoms with Crippen LogP contribution in [0.5, 0.6) is 0 Å². The van der Waals surface area contributed by atoms with Crippen LogP contribution in [0.3, 0.4) is 0 Å². The van der Waals surface area contributed by atoms with E-state index in [-0.39, 0.29) is 6.54 Å². The number of aromatic amines is 1. The SMILES string of the molecule is CC(C)Cc1ccc(-c2cnc(C(O)CN)[nH]2)cc1. The summed E-state index contributed by atoms with van der Waals surface area (Å²) >= 11 is 0. The molecule has 19 heavy (non-hydrogen) atoms. The van der Waals surface area contributed by atoms with Gasteiger partial charge in [0, 0.05) is 6.54 Å².